The number of nitrogens with zero attached hydrogens (tertiary/aromatic N) is 1. The number of aliphatic carboxylic acids is 1. The molecule has 3 heteroatoms. The first-order valence-corrected chi connectivity index (χ1v) is 3.46. The van der Waals surface area contributed by atoms with Crippen LogP contribution in [0.5, 0.6) is 0 Å². The minimum atomic E-state index is -1.07. The number of hydrogen-bond acceptors (Lipinski definition) is 2. The van der Waals surface area contributed by atoms with Gasteiger partial charge in [-0.25, -0.2) is 4.79 Å². The molecule has 0 aromatic heterocycles. The van der Waals surface area contributed by atoms with Crippen molar-refractivity contribution in [2.45, 2.75) is 19.9 Å². The molecule has 0 fully saturated rings. The molecular weight excluding hydrogens is 142 g/mol. The third-order valence-corrected chi connectivity index (χ3v) is 1.41. The first-order chi connectivity index (χ1) is 5.04. The van der Waals surface area contributed by atoms with Gasteiger partial charge >= 0.3 is 5.97 Å². The van der Waals surface area contributed by atoms with Crippen molar-refractivity contribution in [2.75, 3.05) is 13.6 Å². The van der Waals surface area contributed by atoms with Gasteiger partial charge in [0.05, 0.1) is 6.54 Å². The van der Waals surface area contributed by atoms with Gasteiger partial charge in [-0.15, -0.1) is 0 Å². The first kappa shape index (κ1) is 9.99. The number of rotatable bonds is 2. The van der Waals surface area contributed by atoms with Crippen LogP contribution in [0, 0.1) is 11.8 Å². The lowest BCUT2D eigenvalue weighted by Crippen LogP contribution is -2.26. The lowest BCUT2D eigenvalue weighted by molar-refractivity contribution is -0.130. The molecule has 0 spiro atoms. The fourth-order valence-electron chi connectivity index (χ4n) is 0.422. The molecule has 0 aliphatic heterocycles. The molecule has 0 atom stereocenters. The van der Waals surface area contributed by atoms with Crippen LogP contribution < -0.4 is 0 Å². The van der Waals surface area contributed by atoms with Gasteiger partial charge in [0, 0.05) is 12.0 Å². The Morgan fingerprint density at radius 2 is 2.18 bits per heavy atom. The fraction of sp³-hybridized carbons (Fsp3) is 0.625. The summed E-state index contributed by atoms with van der Waals surface area (Å²) in [6.07, 6.45) is 0. The zero-order valence-electron chi connectivity index (χ0n) is 7.09. The predicted molar refractivity (Wildman–Crippen MR) is 43.2 cm³/mol. The zero-order chi connectivity index (χ0) is 8.85. The lowest BCUT2D eigenvalue weighted by atomic mass is 10.3. The van der Waals surface area contributed by atoms with Gasteiger partial charge in [-0.05, 0) is 20.9 Å². The standard InChI is InChI=1S/C8H13NO2/c1-7(2)9(3)6-4-5-8(10)11/h7H,6H2,1-3H3,(H,10,11). The van der Waals surface area contributed by atoms with Gasteiger partial charge in [0.1, 0.15) is 0 Å². The van der Waals surface area contributed by atoms with E-state index < -0.39 is 5.97 Å². The van der Waals surface area contributed by atoms with E-state index in [1.807, 2.05) is 25.8 Å². The topological polar surface area (TPSA) is 40.5 Å². The number of carboxylic acids is 1. The Morgan fingerprint density at radius 3 is 2.55 bits per heavy atom. The van der Waals surface area contributed by atoms with Crippen molar-refractivity contribution in [1.82, 2.24) is 4.90 Å². The summed E-state index contributed by atoms with van der Waals surface area (Å²) in [5, 5.41) is 8.17. The highest BCUT2D eigenvalue weighted by atomic mass is 16.4. The average Bonchev–Trinajstić information content (AvgIpc) is 1.86. The quantitative estimate of drug-likeness (QED) is 0.587. The molecule has 0 unspecified atom stereocenters. The maximum Gasteiger partial charge on any atom is 0.381 e. The Balaban J connectivity index is 3.72. The van der Waals surface area contributed by atoms with Crippen LogP contribution in [-0.2, 0) is 4.79 Å². The zero-order valence-corrected chi connectivity index (χ0v) is 7.09. The normalized spacial score (nSPS) is 9.55. The summed E-state index contributed by atoms with van der Waals surface area (Å²) in [6, 6.07) is 0.401. The van der Waals surface area contributed by atoms with Crippen LogP contribution in [0.4, 0.5) is 0 Å². The Morgan fingerprint density at radius 1 is 1.64 bits per heavy atom. The highest BCUT2D eigenvalue weighted by molar-refractivity contribution is 5.86. The van der Waals surface area contributed by atoms with Gasteiger partial charge in [0.2, 0.25) is 0 Å². The second kappa shape index (κ2) is 4.75. The van der Waals surface area contributed by atoms with Crippen LogP contribution in [0.15, 0.2) is 0 Å². The van der Waals surface area contributed by atoms with E-state index in [0.29, 0.717) is 12.6 Å². The first-order valence-electron chi connectivity index (χ1n) is 3.46. The molecular formula is C8H13NO2. The van der Waals surface area contributed by atoms with Crippen LogP contribution in [0.1, 0.15) is 13.8 Å². The molecule has 1 N–H and O–H groups in total. The van der Waals surface area contributed by atoms with Gasteiger partial charge < -0.3 is 5.11 Å². The van der Waals surface area contributed by atoms with E-state index in [-0.39, 0.29) is 0 Å². The molecule has 0 aliphatic carbocycles. The number of carbonyl (C=O) groups is 1. The molecule has 0 heterocycles. The SMILES string of the molecule is CC(C)N(C)CC#CC(=O)O. The minimum Gasteiger partial charge on any atom is -0.472 e. The molecule has 0 aliphatic rings. The Kier molecular flexibility index (Phi) is 4.32. The molecule has 0 amide bonds. The molecule has 11 heavy (non-hydrogen) atoms. The maximum absolute atomic E-state index is 9.96. The van der Waals surface area contributed by atoms with Crippen molar-refractivity contribution in [3.8, 4) is 11.8 Å². The van der Waals surface area contributed by atoms with E-state index in [2.05, 4.69) is 11.8 Å². The van der Waals surface area contributed by atoms with Crippen molar-refractivity contribution in [3.63, 3.8) is 0 Å². The van der Waals surface area contributed by atoms with E-state index in [1.165, 1.54) is 0 Å². The van der Waals surface area contributed by atoms with Gasteiger partial charge in [-0.2, -0.15) is 0 Å². The van der Waals surface area contributed by atoms with E-state index >= 15 is 0 Å². The number of carboxylic acid groups (broad SMARTS) is 1. The second-order valence-electron chi connectivity index (χ2n) is 2.62. The molecule has 0 saturated carbocycles. The smallest absolute Gasteiger partial charge is 0.381 e. The largest absolute Gasteiger partial charge is 0.472 e. The van der Waals surface area contributed by atoms with E-state index in [1.54, 1.807) is 0 Å². The molecule has 0 radical (unpaired) electrons. The molecule has 0 bridgehead atoms. The van der Waals surface area contributed by atoms with Crippen molar-refractivity contribution in [3.05, 3.63) is 0 Å². The Bertz CT molecular complexity index is 188. The van der Waals surface area contributed by atoms with Gasteiger partial charge in [-0.3, -0.25) is 4.90 Å². The Hall–Kier alpha value is -1.01. The van der Waals surface area contributed by atoms with Crippen molar-refractivity contribution < 1.29 is 9.90 Å². The summed E-state index contributed by atoms with van der Waals surface area (Å²) in [4.78, 5) is 11.9. The maximum atomic E-state index is 9.96. The van der Waals surface area contributed by atoms with E-state index in [4.69, 9.17) is 5.11 Å². The van der Waals surface area contributed by atoms with Crippen LogP contribution in [0.3, 0.4) is 0 Å². The van der Waals surface area contributed by atoms with Gasteiger partial charge in [0.25, 0.3) is 0 Å². The van der Waals surface area contributed by atoms with Crippen LogP contribution in [-0.4, -0.2) is 35.6 Å². The summed E-state index contributed by atoms with van der Waals surface area (Å²) in [5.74, 6) is 3.53. The van der Waals surface area contributed by atoms with Crippen LogP contribution in [0.2, 0.25) is 0 Å². The lowest BCUT2D eigenvalue weighted by Gasteiger charge is -2.16. The van der Waals surface area contributed by atoms with Gasteiger partial charge in [0.15, 0.2) is 0 Å². The fourth-order valence-corrected chi connectivity index (χ4v) is 0.422. The molecule has 62 valence electrons. The molecule has 3 nitrogen and oxygen atoms in total. The highest BCUT2D eigenvalue weighted by Crippen LogP contribution is 1.89. The van der Waals surface area contributed by atoms with Crippen LogP contribution >= 0.6 is 0 Å². The van der Waals surface area contributed by atoms with Gasteiger partial charge in [-0.1, -0.05) is 5.92 Å². The predicted octanol–water partition coefficient (Wildman–Crippen LogP) is 0.415. The van der Waals surface area contributed by atoms with E-state index in [0.717, 1.165) is 0 Å². The summed E-state index contributed by atoms with van der Waals surface area (Å²) < 4.78 is 0. The third-order valence-electron chi connectivity index (χ3n) is 1.41. The van der Waals surface area contributed by atoms with Crippen molar-refractivity contribution in [1.29, 1.82) is 0 Å². The Labute approximate surface area is 67.0 Å². The second-order valence-corrected chi connectivity index (χ2v) is 2.62. The van der Waals surface area contributed by atoms with E-state index in [9.17, 15) is 4.79 Å². The average molecular weight is 155 g/mol. The monoisotopic (exact) mass is 155 g/mol. The summed E-state index contributed by atoms with van der Waals surface area (Å²) in [7, 11) is 1.90. The van der Waals surface area contributed by atoms with Crippen LogP contribution in [0.25, 0.3) is 0 Å². The summed E-state index contributed by atoms with van der Waals surface area (Å²) >= 11 is 0. The van der Waals surface area contributed by atoms with Crippen molar-refractivity contribution in [2.24, 2.45) is 0 Å². The molecule has 0 rings (SSSR count). The minimum absolute atomic E-state index is 0.401. The summed E-state index contributed by atoms with van der Waals surface area (Å²) in [6.45, 7) is 4.56. The van der Waals surface area contributed by atoms with Crippen molar-refractivity contribution >= 4 is 5.97 Å². The molecule has 0 aromatic carbocycles. The number of hydrogen-bond donors (Lipinski definition) is 1. The third kappa shape index (κ3) is 5.43. The highest BCUT2D eigenvalue weighted by Gasteiger charge is 1.98. The molecule has 0 saturated heterocycles. The summed E-state index contributed by atoms with van der Waals surface area (Å²) in [5.41, 5.74) is 0. The molecule has 0 aromatic rings.